The first-order chi connectivity index (χ1) is 16.6. The normalized spacial score (nSPS) is 29.0. The van der Waals surface area contributed by atoms with E-state index in [0.29, 0.717) is 24.0 Å². The molecule has 0 spiro atoms. The van der Waals surface area contributed by atoms with Crippen LogP contribution in [0.15, 0.2) is 47.9 Å². The predicted molar refractivity (Wildman–Crippen MR) is 144 cm³/mol. The molecule has 3 aromatic rings. The van der Waals surface area contributed by atoms with Crippen LogP contribution in [0.25, 0.3) is 15.7 Å². The van der Waals surface area contributed by atoms with Crippen molar-refractivity contribution in [3.8, 4) is 0 Å². The molecule has 6 rings (SSSR count). The van der Waals surface area contributed by atoms with Gasteiger partial charge in [-0.1, -0.05) is 6.07 Å². The second-order valence-corrected chi connectivity index (χ2v) is 15.2. The number of sulfone groups is 1. The van der Waals surface area contributed by atoms with E-state index >= 15 is 0 Å². The van der Waals surface area contributed by atoms with Gasteiger partial charge in [0.15, 0.2) is 5.82 Å². The van der Waals surface area contributed by atoms with Gasteiger partial charge in [0.2, 0.25) is 0 Å². The molecular formula is C24H27N7O2S2. The van der Waals surface area contributed by atoms with Gasteiger partial charge in [0, 0.05) is 59.2 Å². The molecule has 2 aromatic heterocycles. The van der Waals surface area contributed by atoms with E-state index in [1.807, 2.05) is 18.5 Å². The fraction of sp³-hybridized carbons (Fsp3) is 0.333. The van der Waals surface area contributed by atoms with Crippen molar-refractivity contribution in [2.75, 3.05) is 35.0 Å². The van der Waals surface area contributed by atoms with Crippen LogP contribution in [-0.4, -0.2) is 59.9 Å². The molecule has 2 unspecified atom stereocenters. The van der Waals surface area contributed by atoms with Crippen molar-refractivity contribution in [2.45, 2.75) is 18.3 Å². The number of hydrogen-bond acceptors (Lipinski definition) is 9. The molecule has 0 saturated carbocycles. The van der Waals surface area contributed by atoms with Gasteiger partial charge in [-0.3, -0.25) is 4.99 Å². The van der Waals surface area contributed by atoms with E-state index in [1.54, 1.807) is 6.20 Å². The molecule has 11 heteroatoms. The highest BCUT2D eigenvalue weighted by atomic mass is 32.3. The maximum absolute atomic E-state index is 11.8. The molecule has 0 aliphatic carbocycles. The van der Waals surface area contributed by atoms with Gasteiger partial charge in [0.05, 0.1) is 16.8 Å². The number of anilines is 3. The van der Waals surface area contributed by atoms with Crippen LogP contribution in [0, 0.1) is 5.92 Å². The maximum Gasteiger partial charge on any atom is 0.168 e. The molecule has 3 aliphatic heterocycles. The zero-order chi connectivity index (χ0) is 24.5. The van der Waals surface area contributed by atoms with Gasteiger partial charge in [0.25, 0.3) is 0 Å². The molecule has 0 amide bonds. The van der Waals surface area contributed by atoms with Gasteiger partial charge in [0.1, 0.15) is 21.5 Å². The van der Waals surface area contributed by atoms with Crippen LogP contribution in [0.5, 0.6) is 0 Å². The summed E-state index contributed by atoms with van der Waals surface area (Å²) < 4.78 is 23.6. The Labute approximate surface area is 205 Å². The lowest BCUT2D eigenvalue weighted by Crippen LogP contribution is -2.63. The molecule has 0 radical (unpaired) electrons. The van der Waals surface area contributed by atoms with E-state index in [2.05, 4.69) is 62.1 Å². The standard InChI is InChI=1S/C24H27N7O2S2/c1-14-16-4-5-19(31-11-15(23(31)25)12-35(3,32)33)18-9-28-22(8-17(16)18)29-21-6-7-27-24(30-21)20-10-26-13-34(14,20)2/h4-10,13-15,23H,11-12,25H2,1-3H3,(H,27,28,29,30)/t14?,15-,23+/m1/s1. The second-order valence-electron chi connectivity index (χ2n) is 9.61. The van der Waals surface area contributed by atoms with Crippen molar-refractivity contribution in [1.29, 1.82) is 0 Å². The quantitative estimate of drug-likeness (QED) is 0.550. The summed E-state index contributed by atoms with van der Waals surface area (Å²) in [5, 5.41) is 5.56. The molecule has 1 aromatic carbocycles. The van der Waals surface area contributed by atoms with Crippen molar-refractivity contribution in [1.82, 2.24) is 15.0 Å². The van der Waals surface area contributed by atoms with Gasteiger partial charge >= 0.3 is 0 Å². The number of hydrogen-bond donors (Lipinski definition) is 2. The summed E-state index contributed by atoms with van der Waals surface area (Å²) in [6.07, 6.45) is 8.68. The van der Waals surface area contributed by atoms with Gasteiger partial charge < -0.3 is 16.0 Å². The van der Waals surface area contributed by atoms with Crippen LogP contribution >= 0.6 is 10.0 Å². The van der Waals surface area contributed by atoms with Crippen LogP contribution in [0.3, 0.4) is 0 Å². The lowest BCUT2D eigenvalue weighted by atomic mass is 9.94. The van der Waals surface area contributed by atoms with Gasteiger partial charge in [-0.05, 0) is 42.3 Å². The molecule has 9 nitrogen and oxygen atoms in total. The topological polar surface area (TPSA) is 126 Å². The molecule has 1 saturated heterocycles. The first-order valence-corrected chi connectivity index (χ1v) is 15.6. The van der Waals surface area contributed by atoms with Crippen molar-refractivity contribution in [2.24, 2.45) is 16.6 Å². The Morgan fingerprint density at radius 1 is 1.20 bits per heavy atom. The largest absolute Gasteiger partial charge is 0.355 e. The Bertz CT molecular complexity index is 1540. The number of fused-ring (bicyclic) bond motifs is 5. The van der Waals surface area contributed by atoms with Crippen LogP contribution in [0.1, 0.15) is 23.6 Å². The fourth-order valence-corrected chi connectivity index (χ4v) is 8.77. The van der Waals surface area contributed by atoms with Crippen LogP contribution < -0.4 is 16.0 Å². The van der Waals surface area contributed by atoms with Crippen molar-refractivity contribution in [3.63, 3.8) is 0 Å². The van der Waals surface area contributed by atoms with Crippen molar-refractivity contribution in [3.05, 3.63) is 54.2 Å². The summed E-state index contributed by atoms with van der Waals surface area (Å²) >= 11 is 0. The number of nitrogens with zero attached hydrogens (tertiary/aromatic N) is 5. The predicted octanol–water partition coefficient (Wildman–Crippen LogP) is 3.38. The van der Waals surface area contributed by atoms with Crippen molar-refractivity contribution < 1.29 is 8.42 Å². The lowest BCUT2D eigenvalue weighted by molar-refractivity contribution is 0.328. The molecule has 35 heavy (non-hydrogen) atoms. The van der Waals surface area contributed by atoms with Crippen LogP contribution in [-0.2, 0) is 9.84 Å². The molecular weight excluding hydrogens is 482 g/mol. The zero-order valence-electron chi connectivity index (χ0n) is 19.7. The van der Waals surface area contributed by atoms with E-state index in [0.717, 1.165) is 21.4 Å². The Kier molecular flexibility index (Phi) is 4.96. The minimum atomic E-state index is -3.09. The average molecular weight is 510 g/mol. The molecule has 3 aliphatic rings. The van der Waals surface area contributed by atoms with Crippen LogP contribution in [0.2, 0.25) is 0 Å². The summed E-state index contributed by atoms with van der Waals surface area (Å²) in [5.74, 6) is 2.07. The summed E-state index contributed by atoms with van der Waals surface area (Å²) in [6.45, 7) is 2.84. The molecule has 1 fully saturated rings. The first-order valence-electron chi connectivity index (χ1n) is 11.4. The Hall–Kier alpha value is -3.02. The highest BCUT2D eigenvalue weighted by Gasteiger charge is 2.40. The Morgan fingerprint density at radius 3 is 2.80 bits per heavy atom. The minimum absolute atomic E-state index is 0.0858. The molecule has 5 heterocycles. The zero-order valence-corrected chi connectivity index (χ0v) is 21.3. The number of benzene rings is 1. The third-order valence-corrected chi connectivity index (χ3v) is 11.8. The summed E-state index contributed by atoms with van der Waals surface area (Å²) in [5.41, 5.74) is 10.7. The van der Waals surface area contributed by atoms with Gasteiger partial charge in [-0.2, -0.15) is 10.0 Å². The van der Waals surface area contributed by atoms with Gasteiger partial charge in [-0.25, -0.2) is 23.4 Å². The van der Waals surface area contributed by atoms with E-state index in [1.165, 1.54) is 11.8 Å². The molecule has 3 N–H and O–H groups in total. The second kappa shape index (κ2) is 7.74. The Balaban J connectivity index is 1.49. The number of rotatable bonds is 3. The van der Waals surface area contributed by atoms with E-state index in [4.69, 9.17) is 10.7 Å². The fourth-order valence-electron chi connectivity index (χ4n) is 5.19. The van der Waals surface area contributed by atoms with Crippen LogP contribution in [0.4, 0.5) is 17.3 Å². The monoisotopic (exact) mass is 509 g/mol. The highest BCUT2D eigenvalue weighted by Crippen LogP contribution is 2.67. The molecule has 4 atom stereocenters. The minimum Gasteiger partial charge on any atom is -0.355 e. The summed E-state index contributed by atoms with van der Waals surface area (Å²) in [4.78, 5) is 21.7. The Morgan fingerprint density at radius 2 is 2.03 bits per heavy atom. The van der Waals surface area contributed by atoms with Crippen molar-refractivity contribution >= 4 is 58.4 Å². The third-order valence-electron chi connectivity index (χ3n) is 7.26. The smallest absolute Gasteiger partial charge is 0.168 e. The maximum atomic E-state index is 11.8. The molecule has 182 valence electrons. The highest BCUT2D eigenvalue weighted by molar-refractivity contribution is 8.50. The van der Waals surface area contributed by atoms with E-state index < -0.39 is 19.9 Å². The average Bonchev–Trinajstić information content (AvgIpc) is 3.22. The third kappa shape index (κ3) is 3.60. The summed E-state index contributed by atoms with van der Waals surface area (Å²) in [6, 6.07) is 8.15. The number of nitrogens with two attached hydrogens (primary N) is 1. The number of aromatic nitrogens is 3. The first kappa shape index (κ1) is 22.4. The molecule has 4 bridgehead atoms. The lowest BCUT2D eigenvalue weighted by Gasteiger charge is -2.48. The summed E-state index contributed by atoms with van der Waals surface area (Å²) in [7, 11) is -4.57. The van der Waals surface area contributed by atoms with E-state index in [-0.39, 0.29) is 23.1 Å². The van der Waals surface area contributed by atoms with Gasteiger partial charge in [-0.15, -0.1) is 0 Å². The SMILES string of the molecule is CC1c2ccc(N3C[C@H](CS(C)(=O)=O)[C@H]3N)c3cnc(cc23)Nc2ccnc(n2)C2=CN=CS21C. The number of aliphatic imine (C=N–C) groups is 1. The number of pyridine rings is 1. The van der Waals surface area contributed by atoms with E-state index in [9.17, 15) is 8.42 Å². The number of nitrogens with one attached hydrogen (secondary N) is 1.